The van der Waals surface area contributed by atoms with E-state index in [1.54, 1.807) is 0 Å². The van der Waals surface area contributed by atoms with Gasteiger partial charge in [0, 0.05) is 6.20 Å². The number of aryl methyl sites for hydroxylation is 1. The highest BCUT2D eigenvalue weighted by Gasteiger charge is 2.31. The first-order valence-electron chi connectivity index (χ1n) is 6.26. The van der Waals surface area contributed by atoms with Gasteiger partial charge in [-0.3, -0.25) is 4.68 Å². The second-order valence-electron chi connectivity index (χ2n) is 4.93. The van der Waals surface area contributed by atoms with Crippen LogP contribution in [0.4, 0.5) is 0 Å². The minimum absolute atomic E-state index is 0.0770. The van der Waals surface area contributed by atoms with E-state index in [1.807, 2.05) is 17.8 Å². The number of aromatic nitrogens is 2. The smallest absolute Gasteiger partial charge is 0.0815 e. The Morgan fingerprint density at radius 1 is 1.59 bits per heavy atom. The number of nitriles is 1. The molecule has 17 heavy (non-hydrogen) atoms. The zero-order chi connectivity index (χ0) is 12.4. The number of nitrogens with zero attached hydrogens (tertiary/aromatic N) is 3. The quantitative estimate of drug-likeness (QED) is 0.804. The molecule has 1 aromatic rings. The molecule has 0 aliphatic heterocycles. The molecule has 0 saturated heterocycles. The fourth-order valence-electron chi connectivity index (χ4n) is 2.67. The Balaban J connectivity index is 2.23. The van der Waals surface area contributed by atoms with Crippen LogP contribution in [-0.2, 0) is 0 Å². The highest BCUT2D eigenvalue weighted by atomic mass is 35.5. The molecular weight excluding hydrogens is 234 g/mol. The maximum Gasteiger partial charge on any atom is 0.0815 e. The van der Waals surface area contributed by atoms with Crippen LogP contribution >= 0.6 is 11.6 Å². The first-order chi connectivity index (χ1) is 8.15. The Morgan fingerprint density at radius 3 is 2.88 bits per heavy atom. The molecule has 0 aromatic carbocycles. The standard InChI is InChI=1S/C13H18ClN3/c1-3-10-4-5-11(7-15)13(6-10)17-8-12(14)9(2)16-17/h8,10-11,13H,3-6H2,1-2H3. The maximum absolute atomic E-state index is 9.23. The summed E-state index contributed by atoms with van der Waals surface area (Å²) in [6.45, 7) is 4.12. The van der Waals surface area contributed by atoms with Crippen molar-refractivity contribution in [3.05, 3.63) is 16.9 Å². The molecule has 92 valence electrons. The first-order valence-corrected chi connectivity index (χ1v) is 6.64. The van der Waals surface area contributed by atoms with Crippen LogP contribution in [-0.4, -0.2) is 9.78 Å². The van der Waals surface area contributed by atoms with Gasteiger partial charge in [0.25, 0.3) is 0 Å². The van der Waals surface area contributed by atoms with Crippen molar-refractivity contribution < 1.29 is 0 Å². The van der Waals surface area contributed by atoms with Crippen molar-refractivity contribution in [1.29, 1.82) is 5.26 Å². The lowest BCUT2D eigenvalue weighted by molar-refractivity contribution is 0.203. The molecule has 1 fully saturated rings. The van der Waals surface area contributed by atoms with E-state index in [4.69, 9.17) is 11.6 Å². The number of hydrogen-bond donors (Lipinski definition) is 0. The van der Waals surface area contributed by atoms with Crippen molar-refractivity contribution in [2.45, 2.75) is 45.6 Å². The Morgan fingerprint density at radius 2 is 2.35 bits per heavy atom. The van der Waals surface area contributed by atoms with E-state index in [0.717, 1.165) is 18.5 Å². The third-order valence-electron chi connectivity index (χ3n) is 3.86. The van der Waals surface area contributed by atoms with E-state index >= 15 is 0 Å². The van der Waals surface area contributed by atoms with Crippen LogP contribution in [0.3, 0.4) is 0 Å². The molecule has 0 N–H and O–H groups in total. The summed E-state index contributed by atoms with van der Waals surface area (Å²) in [5.74, 6) is 0.793. The highest BCUT2D eigenvalue weighted by molar-refractivity contribution is 6.31. The molecule has 1 aromatic heterocycles. The molecule has 0 radical (unpaired) electrons. The van der Waals surface area contributed by atoms with Gasteiger partial charge in [0.1, 0.15) is 0 Å². The number of rotatable bonds is 2. The van der Waals surface area contributed by atoms with E-state index in [1.165, 1.54) is 12.8 Å². The minimum Gasteiger partial charge on any atom is -0.267 e. The van der Waals surface area contributed by atoms with Crippen molar-refractivity contribution in [3.63, 3.8) is 0 Å². The van der Waals surface area contributed by atoms with Crippen molar-refractivity contribution in [2.75, 3.05) is 0 Å². The lowest BCUT2D eigenvalue weighted by atomic mass is 9.78. The minimum atomic E-state index is 0.0770. The average Bonchev–Trinajstić information content (AvgIpc) is 2.68. The van der Waals surface area contributed by atoms with Crippen LogP contribution < -0.4 is 0 Å². The van der Waals surface area contributed by atoms with Crippen LogP contribution in [0.25, 0.3) is 0 Å². The van der Waals surface area contributed by atoms with E-state index in [2.05, 4.69) is 18.1 Å². The maximum atomic E-state index is 9.23. The Bertz CT molecular complexity index is 413. The second kappa shape index (κ2) is 5.10. The highest BCUT2D eigenvalue weighted by Crippen LogP contribution is 2.38. The summed E-state index contributed by atoms with van der Waals surface area (Å²) in [4.78, 5) is 0. The Hall–Kier alpha value is -1.01. The summed E-state index contributed by atoms with van der Waals surface area (Å²) in [5.41, 5.74) is 0.849. The third-order valence-corrected chi connectivity index (χ3v) is 4.24. The van der Waals surface area contributed by atoms with Crippen LogP contribution in [0.5, 0.6) is 0 Å². The Kier molecular flexibility index (Phi) is 3.73. The summed E-state index contributed by atoms with van der Waals surface area (Å²) in [6, 6.07) is 2.62. The van der Waals surface area contributed by atoms with Crippen LogP contribution in [0, 0.1) is 30.1 Å². The summed E-state index contributed by atoms with van der Waals surface area (Å²) in [6.07, 6.45) is 6.24. The van der Waals surface area contributed by atoms with Gasteiger partial charge in [-0.1, -0.05) is 24.9 Å². The molecule has 1 aliphatic carbocycles. The molecule has 3 nitrogen and oxygen atoms in total. The molecular formula is C13H18ClN3. The van der Waals surface area contributed by atoms with Gasteiger partial charge in [-0.25, -0.2) is 0 Å². The van der Waals surface area contributed by atoms with Crippen molar-refractivity contribution in [3.8, 4) is 6.07 Å². The van der Waals surface area contributed by atoms with Gasteiger partial charge < -0.3 is 0 Å². The third kappa shape index (κ3) is 2.47. The van der Waals surface area contributed by atoms with E-state index < -0.39 is 0 Å². The van der Waals surface area contributed by atoms with Crippen LogP contribution in [0.1, 0.15) is 44.3 Å². The monoisotopic (exact) mass is 251 g/mol. The molecule has 1 heterocycles. The van der Waals surface area contributed by atoms with Gasteiger partial charge in [-0.05, 0) is 32.1 Å². The van der Waals surface area contributed by atoms with Crippen molar-refractivity contribution in [1.82, 2.24) is 9.78 Å². The zero-order valence-corrected chi connectivity index (χ0v) is 11.1. The number of halogens is 1. The molecule has 2 rings (SSSR count). The number of hydrogen-bond acceptors (Lipinski definition) is 2. The molecule has 0 bridgehead atoms. The summed E-state index contributed by atoms with van der Waals surface area (Å²) < 4.78 is 1.91. The second-order valence-corrected chi connectivity index (χ2v) is 5.34. The topological polar surface area (TPSA) is 41.6 Å². The van der Waals surface area contributed by atoms with E-state index in [0.29, 0.717) is 10.9 Å². The molecule has 1 aliphatic rings. The van der Waals surface area contributed by atoms with Gasteiger partial charge in [0.05, 0.1) is 28.7 Å². The lowest BCUT2D eigenvalue weighted by Crippen LogP contribution is -2.27. The van der Waals surface area contributed by atoms with Gasteiger partial charge >= 0.3 is 0 Å². The molecule has 3 atom stereocenters. The predicted molar refractivity (Wildman–Crippen MR) is 67.7 cm³/mol. The van der Waals surface area contributed by atoms with Crippen LogP contribution in [0.2, 0.25) is 5.02 Å². The average molecular weight is 252 g/mol. The summed E-state index contributed by atoms with van der Waals surface area (Å²) >= 11 is 6.04. The van der Waals surface area contributed by atoms with E-state index in [-0.39, 0.29) is 12.0 Å². The predicted octanol–water partition coefficient (Wildman–Crippen LogP) is 3.74. The van der Waals surface area contributed by atoms with Gasteiger partial charge in [0.15, 0.2) is 0 Å². The molecule has 4 heteroatoms. The van der Waals surface area contributed by atoms with Gasteiger partial charge in [-0.2, -0.15) is 10.4 Å². The summed E-state index contributed by atoms with van der Waals surface area (Å²) in [7, 11) is 0. The SMILES string of the molecule is CCC1CCC(C#N)C(n2cc(Cl)c(C)n2)C1. The molecule has 3 unspecified atom stereocenters. The summed E-state index contributed by atoms with van der Waals surface area (Å²) in [5, 5.41) is 14.4. The first kappa shape index (κ1) is 12.4. The fraction of sp³-hybridized carbons (Fsp3) is 0.692. The normalized spacial score (nSPS) is 28.9. The lowest BCUT2D eigenvalue weighted by Gasteiger charge is -2.32. The fourth-order valence-corrected chi connectivity index (χ4v) is 2.81. The Labute approximate surface area is 107 Å². The van der Waals surface area contributed by atoms with E-state index in [9.17, 15) is 5.26 Å². The molecule has 0 spiro atoms. The zero-order valence-electron chi connectivity index (χ0n) is 10.4. The van der Waals surface area contributed by atoms with Gasteiger partial charge in [-0.15, -0.1) is 0 Å². The van der Waals surface area contributed by atoms with Crippen LogP contribution in [0.15, 0.2) is 6.20 Å². The van der Waals surface area contributed by atoms with Crippen molar-refractivity contribution >= 4 is 11.6 Å². The van der Waals surface area contributed by atoms with Gasteiger partial charge in [0.2, 0.25) is 0 Å². The molecule has 0 amide bonds. The largest absolute Gasteiger partial charge is 0.267 e. The van der Waals surface area contributed by atoms with Crippen molar-refractivity contribution in [2.24, 2.45) is 11.8 Å². The molecule has 1 saturated carbocycles.